The van der Waals surface area contributed by atoms with Crippen molar-refractivity contribution in [1.82, 2.24) is 15.5 Å². The molecular weight excluding hydrogens is 456 g/mol. The Kier molecular flexibility index (Phi) is 9.70. The number of benzene rings is 1. The number of halogens is 4. The highest BCUT2D eigenvalue weighted by Crippen LogP contribution is 2.29. The SMILES string of the molecule is CN=C(NCCN(C)C1CCCC1)NCc1cccc(C(F)(F)F)c1.I. The Morgan fingerprint density at radius 2 is 1.92 bits per heavy atom. The van der Waals surface area contributed by atoms with Crippen molar-refractivity contribution in [1.29, 1.82) is 0 Å². The lowest BCUT2D eigenvalue weighted by Crippen LogP contribution is -2.42. The zero-order valence-electron chi connectivity index (χ0n) is 15.3. The fraction of sp³-hybridized carbons (Fsp3) is 0.611. The first-order valence-electron chi connectivity index (χ1n) is 8.71. The number of likely N-dealkylation sites (N-methyl/N-ethyl adjacent to an activating group) is 1. The minimum absolute atomic E-state index is 0. The molecule has 0 saturated heterocycles. The zero-order valence-corrected chi connectivity index (χ0v) is 17.6. The molecule has 0 bridgehead atoms. The van der Waals surface area contributed by atoms with Crippen LogP contribution in [0.1, 0.15) is 36.8 Å². The summed E-state index contributed by atoms with van der Waals surface area (Å²) in [6.07, 6.45) is 0.824. The van der Waals surface area contributed by atoms with E-state index in [2.05, 4.69) is 27.6 Å². The van der Waals surface area contributed by atoms with Crippen molar-refractivity contribution >= 4 is 29.9 Å². The van der Waals surface area contributed by atoms with Crippen LogP contribution in [0.3, 0.4) is 0 Å². The molecule has 2 rings (SSSR count). The molecule has 0 atom stereocenters. The van der Waals surface area contributed by atoms with E-state index in [0.717, 1.165) is 25.2 Å². The molecule has 0 aromatic heterocycles. The van der Waals surface area contributed by atoms with Crippen LogP contribution in [0.5, 0.6) is 0 Å². The summed E-state index contributed by atoms with van der Waals surface area (Å²) in [5, 5.41) is 6.27. The van der Waals surface area contributed by atoms with Crippen LogP contribution in [0.4, 0.5) is 13.2 Å². The van der Waals surface area contributed by atoms with Crippen molar-refractivity contribution in [3.8, 4) is 0 Å². The number of nitrogens with zero attached hydrogens (tertiary/aromatic N) is 2. The smallest absolute Gasteiger partial charge is 0.355 e. The number of hydrogen-bond donors (Lipinski definition) is 2. The van der Waals surface area contributed by atoms with Crippen molar-refractivity contribution in [3.63, 3.8) is 0 Å². The molecule has 1 aromatic rings. The molecule has 148 valence electrons. The molecule has 0 amide bonds. The molecule has 4 nitrogen and oxygen atoms in total. The van der Waals surface area contributed by atoms with Crippen LogP contribution >= 0.6 is 24.0 Å². The van der Waals surface area contributed by atoms with Gasteiger partial charge in [0.1, 0.15) is 0 Å². The van der Waals surface area contributed by atoms with Gasteiger partial charge in [-0.15, -0.1) is 24.0 Å². The Morgan fingerprint density at radius 3 is 2.54 bits per heavy atom. The number of hydrogen-bond acceptors (Lipinski definition) is 2. The maximum atomic E-state index is 12.7. The molecule has 26 heavy (non-hydrogen) atoms. The van der Waals surface area contributed by atoms with Gasteiger partial charge in [-0.05, 0) is 37.6 Å². The van der Waals surface area contributed by atoms with Gasteiger partial charge in [-0.25, -0.2) is 0 Å². The van der Waals surface area contributed by atoms with Crippen molar-refractivity contribution in [3.05, 3.63) is 35.4 Å². The minimum Gasteiger partial charge on any atom is -0.355 e. The van der Waals surface area contributed by atoms with E-state index in [4.69, 9.17) is 0 Å². The van der Waals surface area contributed by atoms with Crippen LogP contribution in [0.15, 0.2) is 29.3 Å². The third-order valence-electron chi connectivity index (χ3n) is 4.64. The van der Waals surface area contributed by atoms with Crippen LogP contribution in [0.2, 0.25) is 0 Å². The molecular formula is C18H28F3IN4. The predicted octanol–water partition coefficient (Wildman–Crippen LogP) is 3.86. The first kappa shape index (κ1) is 23.0. The van der Waals surface area contributed by atoms with Crippen molar-refractivity contribution < 1.29 is 13.2 Å². The number of rotatable bonds is 6. The largest absolute Gasteiger partial charge is 0.416 e. The minimum atomic E-state index is -4.32. The van der Waals surface area contributed by atoms with Crippen molar-refractivity contribution in [2.24, 2.45) is 4.99 Å². The number of aliphatic imine (C=N–C) groups is 1. The van der Waals surface area contributed by atoms with Crippen LogP contribution in [0, 0.1) is 0 Å². The van der Waals surface area contributed by atoms with Crippen LogP contribution < -0.4 is 10.6 Å². The highest BCUT2D eigenvalue weighted by molar-refractivity contribution is 14.0. The lowest BCUT2D eigenvalue weighted by molar-refractivity contribution is -0.137. The highest BCUT2D eigenvalue weighted by atomic mass is 127. The number of alkyl halides is 3. The van der Waals surface area contributed by atoms with Gasteiger partial charge < -0.3 is 15.5 Å². The molecule has 1 aliphatic carbocycles. The standard InChI is InChI=1S/C18H27F3N4.HI/c1-22-17(23-10-11-25(2)16-8-3-4-9-16)24-13-14-6-5-7-15(12-14)18(19,20)21;/h5-7,12,16H,3-4,8-11,13H2,1-2H3,(H2,22,23,24);1H. The van der Waals surface area contributed by atoms with Crippen LogP contribution in [-0.4, -0.2) is 44.1 Å². The van der Waals surface area contributed by atoms with E-state index in [9.17, 15) is 13.2 Å². The van der Waals surface area contributed by atoms with E-state index < -0.39 is 11.7 Å². The molecule has 0 radical (unpaired) electrons. The van der Waals surface area contributed by atoms with Gasteiger partial charge in [0.15, 0.2) is 5.96 Å². The second kappa shape index (κ2) is 11.0. The van der Waals surface area contributed by atoms with Gasteiger partial charge in [0.25, 0.3) is 0 Å². The monoisotopic (exact) mass is 484 g/mol. The highest BCUT2D eigenvalue weighted by Gasteiger charge is 2.30. The van der Waals surface area contributed by atoms with E-state index in [1.54, 1.807) is 13.1 Å². The van der Waals surface area contributed by atoms with Crippen molar-refractivity contribution in [2.75, 3.05) is 27.2 Å². The van der Waals surface area contributed by atoms with Gasteiger partial charge in [0, 0.05) is 32.7 Å². The fourth-order valence-corrected chi connectivity index (χ4v) is 3.14. The van der Waals surface area contributed by atoms with Gasteiger partial charge >= 0.3 is 6.18 Å². The molecule has 0 aliphatic heterocycles. The summed E-state index contributed by atoms with van der Waals surface area (Å²) in [6, 6.07) is 6.00. The molecule has 1 fully saturated rings. The van der Waals surface area contributed by atoms with Gasteiger partial charge in [-0.3, -0.25) is 4.99 Å². The normalized spacial score (nSPS) is 15.8. The van der Waals surface area contributed by atoms with Gasteiger partial charge in [0.05, 0.1) is 5.56 Å². The molecule has 0 heterocycles. The second-order valence-corrected chi connectivity index (χ2v) is 6.47. The summed E-state index contributed by atoms with van der Waals surface area (Å²) in [5.41, 5.74) is -0.0613. The molecule has 0 spiro atoms. The Morgan fingerprint density at radius 1 is 1.23 bits per heavy atom. The van der Waals surface area contributed by atoms with E-state index in [0.29, 0.717) is 24.1 Å². The number of nitrogens with one attached hydrogen (secondary N) is 2. The molecule has 8 heteroatoms. The fourth-order valence-electron chi connectivity index (χ4n) is 3.14. The summed E-state index contributed by atoms with van der Waals surface area (Å²) < 4.78 is 38.2. The third-order valence-corrected chi connectivity index (χ3v) is 4.64. The van der Waals surface area contributed by atoms with E-state index in [1.165, 1.54) is 31.7 Å². The lowest BCUT2D eigenvalue weighted by Gasteiger charge is -2.24. The van der Waals surface area contributed by atoms with Crippen LogP contribution in [0.25, 0.3) is 0 Å². The topological polar surface area (TPSA) is 39.7 Å². The Hall–Kier alpha value is -1.03. The Labute approximate surface area is 170 Å². The third kappa shape index (κ3) is 7.30. The van der Waals surface area contributed by atoms with Crippen LogP contribution in [-0.2, 0) is 12.7 Å². The maximum Gasteiger partial charge on any atom is 0.416 e. The predicted molar refractivity (Wildman–Crippen MR) is 110 cm³/mol. The van der Waals surface area contributed by atoms with Gasteiger partial charge in [0.2, 0.25) is 0 Å². The molecule has 1 aliphatic rings. The Balaban J connectivity index is 0.00000338. The number of guanidine groups is 1. The maximum absolute atomic E-state index is 12.7. The Bertz CT molecular complexity index is 572. The van der Waals surface area contributed by atoms with Crippen molar-refractivity contribution in [2.45, 2.75) is 44.4 Å². The summed E-state index contributed by atoms with van der Waals surface area (Å²) in [5.74, 6) is 0.595. The summed E-state index contributed by atoms with van der Waals surface area (Å²) in [7, 11) is 3.79. The second-order valence-electron chi connectivity index (χ2n) is 6.47. The van der Waals surface area contributed by atoms with Gasteiger partial charge in [-0.1, -0.05) is 25.0 Å². The van der Waals surface area contributed by atoms with E-state index in [1.807, 2.05) is 0 Å². The van der Waals surface area contributed by atoms with E-state index in [-0.39, 0.29) is 24.0 Å². The average Bonchev–Trinajstić information content (AvgIpc) is 3.12. The molecule has 1 aromatic carbocycles. The molecule has 1 saturated carbocycles. The molecule has 0 unspecified atom stereocenters. The first-order chi connectivity index (χ1) is 11.9. The quantitative estimate of drug-likeness (QED) is 0.366. The molecule has 2 N–H and O–H groups in total. The summed E-state index contributed by atoms with van der Waals surface area (Å²) >= 11 is 0. The summed E-state index contributed by atoms with van der Waals surface area (Å²) in [6.45, 7) is 1.95. The van der Waals surface area contributed by atoms with E-state index >= 15 is 0 Å². The lowest BCUT2D eigenvalue weighted by atomic mass is 10.1. The zero-order chi connectivity index (χ0) is 18.3. The summed E-state index contributed by atoms with van der Waals surface area (Å²) in [4.78, 5) is 6.48. The van der Waals surface area contributed by atoms with Gasteiger partial charge in [-0.2, -0.15) is 13.2 Å². The average molecular weight is 484 g/mol. The first-order valence-corrected chi connectivity index (χ1v) is 8.71.